The molecule has 1 aromatic carbocycles. The number of hydrogen-bond acceptors (Lipinski definition) is 6. The lowest BCUT2D eigenvalue weighted by Crippen LogP contribution is -2.27. The Labute approximate surface area is 187 Å². The molecule has 1 N–H and O–H groups in total. The number of thiophene rings is 1. The van der Waals surface area contributed by atoms with Crippen LogP contribution >= 0.6 is 11.3 Å². The zero-order valence-electron chi connectivity index (χ0n) is 18.1. The maximum atomic E-state index is 12.6. The van der Waals surface area contributed by atoms with E-state index in [1.807, 2.05) is 13.8 Å². The number of ether oxygens (including phenoxy) is 1. The van der Waals surface area contributed by atoms with Crippen molar-refractivity contribution in [1.29, 1.82) is 0 Å². The molecule has 3 rings (SSSR count). The molecule has 2 aromatic rings. The average Bonchev–Trinajstić information content (AvgIpc) is 3.36. The molecular formula is C22H28N2O5S2. The largest absolute Gasteiger partial charge is 0.462 e. The van der Waals surface area contributed by atoms with Gasteiger partial charge in [0.2, 0.25) is 15.9 Å². The van der Waals surface area contributed by atoms with E-state index in [4.69, 9.17) is 4.74 Å². The van der Waals surface area contributed by atoms with Gasteiger partial charge in [-0.2, -0.15) is 4.31 Å². The summed E-state index contributed by atoms with van der Waals surface area (Å²) in [4.78, 5) is 26.0. The first-order valence-electron chi connectivity index (χ1n) is 10.4. The highest BCUT2D eigenvalue weighted by atomic mass is 32.2. The molecule has 0 atom stereocenters. The van der Waals surface area contributed by atoms with Crippen molar-refractivity contribution in [1.82, 2.24) is 4.31 Å². The molecule has 0 unspecified atom stereocenters. The summed E-state index contributed by atoms with van der Waals surface area (Å²) in [6, 6.07) is 6.71. The number of nitrogens with one attached hydrogen (secondary N) is 1. The zero-order valence-corrected chi connectivity index (χ0v) is 19.7. The van der Waals surface area contributed by atoms with E-state index in [9.17, 15) is 18.0 Å². The predicted octanol–water partition coefficient (Wildman–Crippen LogP) is 3.90. The fourth-order valence-electron chi connectivity index (χ4n) is 3.52. The minimum atomic E-state index is -3.44. The maximum absolute atomic E-state index is 12.6. The van der Waals surface area contributed by atoms with Gasteiger partial charge in [-0.05, 0) is 63.3 Å². The Kier molecular flexibility index (Phi) is 7.51. The number of rotatable bonds is 8. The summed E-state index contributed by atoms with van der Waals surface area (Å²) >= 11 is 1.36. The van der Waals surface area contributed by atoms with E-state index in [-0.39, 0.29) is 23.8 Å². The number of anilines is 1. The van der Waals surface area contributed by atoms with Crippen LogP contribution in [-0.4, -0.2) is 44.3 Å². The minimum absolute atomic E-state index is 0.208. The zero-order chi connectivity index (χ0) is 22.6. The van der Waals surface area contributed by atoms with Crippen LogP contribution in [0.2, 0.25) is 0 Å². The second-order valence-electron chi connectivity index (χ2n) is 7.51. The van der Waals surface area contributed by atoms with Crippen LogP contribution in [0.4, 0.5) is 5.00 Å². The first kappa shape index (κ1) is 23.4. The topological polar surface area (TPSA) is 92.8 Å². The van der Waals surface area contributed by atoms with Crippen molar-refractivity contribution >= 4 is 38.2 Å². The van der Waals surface area contributed by atoms with Crippen LogP contribution in [0.25, 0.3) is 0 Å². The third-order valence-electron chi connectivity index (χ3n) is 5.38. The smallest absolute Gasteiger partial charge is 0.341 e. The van der Waals surface area contributed by atoms with Crippen LogP contribution < -0.4 is 5.32 Å². The molecule has 1 aliphatic rings. The lowest BCUT2D eigenvalue weighted by molar-refractivity contribution is -0.116. The van der Waals surface area contributed by atoms with Crippen LogP contribution in [0.15, 0.2) is 29.2 Å². The summed E-state index contributed by atoms with van der Waals surface area (Å²) in [5, 5.41) is 3.34. The number of sulfonamides is 1. The predicted molar refractivity (Wildman–Crippen MR) is 121 cm³/mol. The molecule has 7 nitrogen and oxygen atoms in total. The Balaban J connectivity index is 1.62. The van der Waals surface area contributed by atoms with Gasteiger partial charge < -0.3 is 10.1 Å². The summed E-state index contributed by atoms with van der Waals surface area (Å²) in [6.07, 6.45) is 2.48. The molecule has 0 radical (unpaired) electrons. The van der Waals surface area contributed by atoms with Crippen molar-refractivity contribution in [3.8, 4) is 0 Å². The van der Waals surface area contributed by atoms with Crippen LogP contribution in [0, 0.1) is 13.8 Å². The third-order valence-corrected chi connectivity index (χ3v) is 8.42. The molecule has 1 saturated heterocycles. The third kappa shape index (κ3) is 5.34. The molecule has 1 aliphatic heterocycles. The molecule has 168 valence electrons. The standard InChI is InChI=1S/C22H28N2O5S2/c1-4-29-22(26)20-15(2)16(3)30-21(20)23-19(25)12-9-17-7-10-18(11-8-17)31(27,28)24-13-5-6-14-24/h7-8,10-11H,4-6,9,12-14H2,1-3H3,(H,23,25). The van der Waals surface area contributed by atoms with E-state index < -0.39 is 16.0 Å². The van der Waals surface area contributed by atoms with Crippen molar-refractivity contribution in [2.45, 2.75) is 51.3 Å². The Morgan fingerprint density at radius 2 is 1.77 bits per heavy atom. The summed E-state index contributed by atoms with van der Waals surface area (Å²) in [7, 11) is -3.44. The normalized spacial score (nSPS) is 14.5. The van der Waals surface area contributed by atoms with Gasteiger partial charge in [-0.1, -0.05) is 12.1 Å². The van der Waals surface area contributed by atoms with E-state index in [0.29, 0.717) is 30.1 Å². The molecule has 0 aliphatic carbocycles. The van der Waals surface area contributed by atoms with Crippen LogP contribution in [0.5, 0.6) is 0 Å². The Morgan fingerprint density at radius 1 is 1.13 bits per heavy atom. The minimum Gasteiger partial charge on any atom is -0.462 e. The van der Waals surface area contributed by atoms with Gasteiger partial charge in [0.25, 0.3) is 0 Å². The highest BCUT2D eigenvalue weighted by Crippen LogP contribution is 2.33. The Hall–Kier alpha value is -2.23. The number of amides is 1. The summed E-state index contributed by atoms with van der Waals surface area (Å²) in [6.45, 7) is 6.89. The fourth-order valence-corrected chi connectivity index (χ4v) is 6.10. The first-order valence-corrected chi connectivity index (χ1v) is 12.7. The fraction of sp³-hybridized carbons (Fsp3) is 0.455. The number of aryl methyl sites for hydroxylation is 2. The molecule has 31 heavy (non-hydrogen) atoms. The number of nitrogens with zero attached hydrogens (tertiary/aromatic N) is 1. The van der Waals surface area contributed by atoms with Crippen molar-refractivity contribution in [2.75, 3.05) is 25.0 Å². The van der Waals surface area contributed by atoms with Gasteiger partial charge in [-0.25, -0.2) is 13.2 Å². The van der Waals surface area contributed by atoms with Crippen molar-refractivity contribution in [3.05, 3.63) is 45.8 Å². The molecule has 2 heterocycles. The van der Waals surface area contributed by atoms with E-state index in [0.717, 1.165) is 28.8 Å². The van der Waals surface area contributed by atoms with Gasteiger partial charge in [-0.3, -0.25) is 4.79 Å². The Morgan fingerprint density at radius 3 is 2.39 bits per heavy atom. The molecular weight excluding hydrogens is 436 g/mol. The van der Waals surface area contributed by atoms with Crippen LogP contribution in [-0.2, 0) is 26.0 Å². The molecule has 1 aromatic heterocycles. The quantitative estimate of drug-likeness (QED) is 0.598. The highest BCUT2D eigenvalue weighted by molar-refractivity contribution is 7.89. The number of carbonyl (C=O) groups excluding carboxylic acids is 2. The van der Waals surface area contributed by atoms with Crippen molar-refractivity contribution in [3.63, 3.8) is 0 Å². The second kappa shape index (κ2) is 9.93. The van der Waals surface area contributed by atoms with Crippen molar-refractivity contribution in [2.24, 2.45) is 0 Å². The van der Waals surface area contributed by atoms with E-state index in [2.05, 4.69) is 5.32 Å². The SMILES string of the molecule is CCOC(=O)c1c(NC(=O)CCc2ccc(S(=O)(=O)N3CCCC3)cc2)sc(C)c1C. The molecule has 0 bridgehead atoms. The maximum Gasteiger partial charge on any atom is 0.341 e. The molecule has 0 saturated carbocycles. The molecule has 9 heteroatoms. The van der Waals surface area contributed by atoms with Crippen molar-refractivity contribution < 1.29 is 22.7 Å². The van der Waals surface area contributed by atoms with E-state index in [1.54, 1.807) is 31.2 Å². The molecule has 1 fully saturated rings. The van der Waals surface area contributed by atoms with Gasteiger partial charge in [-0.15, -0.1) is 11.3 Å². The highest BCUT2D eigenvalue weighted by Gasteiger charge is 2.27. The summed E-state index contributed by atoms with van der Waals surface area (Å²) < 4.78 is 31.8. The number of esters is 1. The van der Waals surface area contributed by atoms with E-state index >= 15 is 0 Å². The average molecular weight is 465 g/mol. The van der Waals surface area contributed by atoms with Crippen LogP contribution in [0.1, 0.15) is 52.5 Å². The lowest BCUT2D eigenvalue weighted by Gasteiger charge is -2.15. The molecule has 1 amide bonds. The number of benzene rings is 1. The Bertz CT molecular complexity index is 1050. The number of carbonyl (C=O) groups is 2. The second-order valence-corrected chi connectivity index (χ2v) is 10.7. The number of hydrogen-bond donors (Lipinski definition) is 1. The summed E-state index contributed by atoms with van der Waals surface area (Å²) in [5.41, 5.74) is 2.10. The monoisotopic (exact) mass is 464 g/mol. The van der Waals surface area contributed by atoms with Gasteiger partial charge in [0, 0.05) is 24.4 Å². The van der Waals surface area contributed by atoms with E-state index in [1.165, 1.54) is 15.6 Å². The summed E-state index contributed by atoms with van der Waals surface area (Å²) in [5.74, 6) is -0.644. The lowest BCUT2D eigenvalue weighted by atomic mass is 10.1. The van der Waals surface area contributed by atoms with Gasteiger partial charge in [0.05, 0.1) is 17.1 Å². The molecule has 0 spiro atoms. The van der Waals surface area contributed by atoms with Gasteiger partial charge >= 0.3 is 5.97 Å². The van der Waals surface area contributed by atoms with Gasteiger partial charge in [0.15, 0.2) is 0 Å². The van der Waals surface area contributed by atoms with Crippen LogP contribution in [0.3, 0.4) is 0 Å². The van der Waals surface area contributed by atoms with Gasteiger partial charge in [0.1, 0.15) is 5.00 Å². The first-order chi connectivity index (χ1) is 14.7.